The van der Waals surface area contributed by atoms with Crippen molar-refractivity contribution in [1.82, 2.24) is 10.6 Å². The number of fused-ring (bicyclic) bond motifs is 1. The Morgan fingerprint density at radius 3 is 2.54 bits per heavy atom. The van der Waals surface area contributed by atoms with Crippen LogP contribution in [0.25, 0.3) is 0 Å². The van der Waals surface area contributed by atoms with Gasteiger partial charge in [-0.3, -0.25) is 0 Å². The van der Waals surface area contributed by atoms with Crippen molar-refractivity contribution in [1.29, 1.82) is 0 Å². The summed E-state index contributed by atoms with van der Waals surface area (Å²) in [6, 6.07) is 11.1. The van der Waals surface area contributed by atoms with Crippen LogP contribution in [0, 0.1) is 0 Å². The standard InChI is InChI=1S/C21H26N2O5/c1-14(16-5-7-18-20(13-16)28-11-10-27-18)23-21(24)22-9-8-15-4-6-17(25-2)19(12-15)26-3/h4-7,12-14H,8-11H2,1-3H3,(H2,22,23,24). The summed E-state index contributed by atoms with van der Waals surface area (Å²) >= 11 is 0. The van der Waals surface area contributed by atoms with Crippen molar-refractivity contribution >= 4 is 6.03 Å². The Hall–Kier alpha value is -3.09. The largest absolute Gasteiger partial charge is 0.493 e. The Morgan fingerprint density at radius 1 is 1.04 bits per heavy atom. The third kappa shape index (κ3) is 4.79. The lowest BCUT2D eigenvalue weighted by atomic mass is 10.1. The van der Waals surface area contributed by atoms with Gasteiger partial charge in [0.1, 0.15) is 13.2 Å². The maximum atomic E-state index is 12.2. The van der Waals surface area contributed by atoms with Gasteiger partial charge in [-0.05, 0) is 48.7 Å². The lowest BCUT2D eigenvalue weighted by Gasteiger charge is -2.21. The van der Waals surface area contributed by atoms with E-state index in [1.165, 1.54) is 0 Å². The van der Waals surface area contributed by atoms with Crippen LogP contribution in [0.15, 0.2) is 36.4 Å². The van der Waals surface area contributed by atoms with E-state index < -0.39 is 0 Å². The summed E-state index contributed by atoms with van der Waals surface area (Å²) in [7, 11) is 3.21. The highest BCUT2D eigenvalue weighted by Gasteiger charge is 2.15. The number of rotatable bonds is 7. The van der Waals surface area contributed by atoms with Crippen LogP contribution in [0.5, 0.6) is 23.0 Å². The molecule has 0 saturated heterocycles. The monoisotopic (exact) mass is 386 g/mol. The molecule has 0 bridgehead atoms. The van der Waals surface area contributed by atoms with Gasteiger partial charge in [0, 0.05) is 6.54 Å². The van der Waals surface area contributed by atoms with E-state index in [2.05, 4.69) is 10.6 Å². The molecule has 150 valence electrons. The number of hydrogen-bond donors (Lipinski definition) is 2. The van der Waals surface area contributed by atoms with Crippen LogP contribution in [0.3, 0.4) is 0 Å². The van der Waals surface area contributed by atoms with Gasteiger partial charge < -0.3 is 29.6 Å². The van der Waals surface area contributed by atoms with E-state index in [9.17, 15) is 4.79 Å². The van der Waals surface area contributed by atoms with Crippen LogP contribution in [-0.2, 0) is 6.42 Å². The topological polar surface area (TPSA) is 78.1 Å². The van der Waals surface area contributed by atoms with Gasteiger partial charge in [-0.2, -0.15) is 0 Å². The second kappa shape index (κ2) is 9.21. The number of carbonyl (C=O) groups is 1. The smallest absolute Gasteiger partial charge is 0.315 e. The van der Waals surface area contributed by atoms with Crippen molar-refractivity contribution < 1.29 is 23.7 Å². The molecular formula is C21H26N2O5. The molecular weight excluding hydrogens is 360 g/mol. The fraction of sp³-hybridized carbons (Fsp3) is 0.381. The summed E-state index contributed by atoms with van der Waals surface area (Å²) in [6.45, 7) is 3.53. The SMILES string of the molecule is COc1ccc(CCNC(=O)NC(C)c2ccc3c(c2)OCCO3)cc1OC. The predicted octanol–water partition coefficient (Wildman–Crippen LogP) is 3.08. The minimum Gasteiger partial charge on any atom is -0.493 e. The normalized spacial score (nSPS) is 13.4. The molecule has 0 fully saturated rings. The molecule has 28 heavy (non-hydrogen) atoms. The molecule has 1 heterocycles. The number of nitrogens with one attached hydrogen (secondary N) is 2. The van der Waals surface area contributed by atoms with E-state index in [0.29, 0.717) is 43.4 Å². The van der Waals surface area contributed by atoms with Crippen LogP contribution in [0.4, 0.5) is 4.79 Å². The van der Waals surface area contributed by atoms with Crippen LogP contribution >= 0.6 is 0 Å². The highest BCUT2D eigenvalue weighted by Crippen LogP contribution is 2.32. The minimum atomic E-state index is -0.220. The molecule has 1 aliphatic heterocycles. The highest BCUT2D eigenvalue weighted by molar-refractivity contribution is 5.74. The van der Waals surface area contributed by atoms with Crippen molar-refractivity contribution in [2.75, 3.05) is 34.0 Å². The Kier molecular flexibility index (Phi) is 6.47. The Balaban J connectivity index is 1.49. The van der Waals surface area contributed by atoms with Gasteiger partial charge in [0.25, 0.3) is 0 Å². The zero-order chi connectivity index (χ0) is 19.9. The summed E-state index contributed by atoms with van der Waals surface area (Å²) in [5.41, 5.74) is 2.01. The van der Waals surface area contributed by atoms with Crippen molar-refractivity contribution in [3.63, 3.8) is 0 Å². The average molecular weight is 386 g/mol. The first kappa shape index (κ1) is 19.7. The van der Waals surface area contributed by atoms with Crippen LogP contribution in [-0.4, -0.2) is 40.0 Å². The number of carbonyl (C=O) groups excluding carboxylic acids is 1. The number of hydrogen-bond acceptors (Lipinski definition) is 5. The quantitative estimate of drug-likeness (QED) is 0.765. The fourth-order valence-corrected chi connectivity index (χ4v) is 3.02. The van der Waals surface area contributed by atoms with E-state index in [1.54, 1.807) is 14.2 Å². The molecule has 0 aliphatic carbocycles. The lowest BCUT2D eigenvalue weighted by Crippen LogP contribution is -2.38. The molecule has 0 saturated carbocycles. The number of urea groups is 1. The van der Waals surface area contributed by atoms with E-state index in [-0.39, 0.29) is 12.1 Å². The van der Waals surface area contributed by atoms with E-state index >= 15 is 0 Å². The summed E-state index contributed by atoms with van der Waals surface area (Å²) < 4.78 is 21.7. The maximum Gasteiger partial charge on any atom is 0.315 e. The van der Waals surface area contributed by atoms with Gasteiger partial charge in [0.05, 0.1) is 20.3 Å². The van der Waals surface area contributed by atoms with Gasteiger partial charge in [0.15, 0.2) is 23.0 Å². The van der Waals surface area contributed by atoms with Crippen molar-refractivity contribution in [3.05, 3.63) is 47.5 Å². The average Bonchev–Trinajstić information content (AvgIpc) is 2.73. The van der Waals surface area contributed by atoms with Crippen molar-refractivity contribution in [3.8, 4) is 23.0 Å². The molecule has 0 spiro atoms. The van der Waals surface area contributed by atoms with Gasteiger partial charge in [-0.1, -0.05) is 12.1 Å². The second-order valence-corrected chi connectivity index (χ2v) is 6.46. The molecule has 2 N–H and O–H groups in total. The third-order valence-corrected chi connectivity index (χ3v) is 4.56. The zero-order valence-electron chi connectivity index (χ0n) is 16.4. The van der Waals surface area contributed by atoms with Crippen LogP contribution < -0.4 is 29.6 Å². The summed E-state index contributed by atoms with van der Waals surface area (Å²) in [5, 5.41) is 5.82. The highest BCUT2D eigenvalue weighted by atomic mass is 16.6. The first-order valence-corrected chi connectivity index (χ1v) is 9.25. The molecule has 1 aliphatic rings. The van der Waals surface area contributed by atoms with Gasteiger partial charge in [-0.15, -0.1) is 0 Å². The molecule has 0 radical (unpaired) electrons. The predicted molar refractivity (Wildman–Crippen MR) is 106 cm³/mol. The third-order valence-electron chi connectivity index (χ3n) is 4.56. The van der Waals surface area contributed by atoms with Crippen molar-refractivity contribution in [2.45, 2.75) is 19.4 Å². The van der Waals surface area contributed by atoms with E-state index in [4.69, 9.17) is 18.9 Å². The Labute approximate surface area is 164 Å². The van der Waals surface area contributed by atoms with E-state index in [1.807, 2.05) is 43.3 Å². The molecule has 2 amide bonds. The molecule has 7 nitrogen and oxygen atoms in total. The Bertz CT molecular complexity index is 824. The maximum absolute atomic E-state index is 12.2. The first-order valence-electron chi connectivity index (χ1n) is 9.25. The molecule has 1 unspecified atom stereocenters. The second-order valence-electron chi connectivity index (χ2n) is 6.46. The van der Waals surface area contributed by atoms with E-state index in [0.717, 1.165) is 16.9 Å². The van der Waals surface area contributed by atoms with Gasteiger partial charge in [0.2, 0.25) is 0 Å². The number of amides is 2. The lowest BCUT2D eigenvalue weighted by molar-refractivity contribution is 0.171. The van der Waals surface area contributed by atoms with Crippen LogP contribution in [0.1, 0.15) is 24.1 Å². The minimum absolute atomic E-state index is 0.156. The molecule has 3 rings (SSSR count). The number of methoxy groups -OCH3 is 2. The molecule has 0 aromatic heterocycles. The van der Waals surface area contributed by atoms with Gasteiger partial charge in [-0.25, -0.2) is 4.79 Å². The first-order chi connectivity index (χ1) is 13.6. The van der Waals surface area contributed by atoms with Gasteiger partial charge >= 0.3 is 6.03 Å². The molecule has 2 aromatic rings. The summed E-state index contributed by atoms with van der Waals surface area (Å²) in [5.74, 6) is 2.81. The summed E-state index contributed by atoms with van der Waals surface area (Å²) in [4.78, 5) is 12.2. The Morgan fingerprint density at radius 2 is 1.79 bits per heavy atom. The number of benzene rings is 2. The molecule has 2 aromatic carbocycles. The fourth-order valence-electron chi connectivity index (χ4n) is 3.02. The molecule has 1 atom stereocenters. The van der Waals surface area contributed by atoms with Crippen molar-refractivity contribution in [2.24, 2.45) is 0 Å². The zero-order valence-corrected chi connectivity index (χ0v) is 16.4. The molecule has 7 heteroatoms. The summed E-state index contributed by atoms with van der Waals surface area (Å²) in [6.07, 6.45) is 0.687. The van der Waals surface area contributed by atoms with Crippen LogP contribution in [0.2, 0.25) is 0 Å². The number of ether oxygens (including phenoxy) is 4.